The molecule has 0 N–H and O–H groups in total. The zero-order valence-corrected chi connectivity index (χ0v) is 11.4. The van der Waals surface area contributed by atoms with Gasteiger partial charge in [0.25, 0.3) is 0 Å². The van der Waals surface area contributed by atoms with Gasteiger partial charge in [-0.05, 0) is 36.6 Å². The number of ether oxygens (including phenoxy) is 2. The van der Waals surface area contributed by atoms with Gasteiger partial charge in [0.15, 0.2) is 0 Å². The maximum atomic E-state index is 11.7. The summed E-state index contributed by atoms with van der Waals surface area (Å²) < 4.78 is 15.4. The first kappa shape index (κ1) is 14.3. The van der Waals surface area contributed by atoms with Gasteiger partial charge >= 0.3 is 5.97 Å². The van der Waals surface area contributed by atoms with Crippen molar-refractivity contribution in [2.75, 3.05) is 13.7 Å². The monoisotopic (exact) mass is 275 g/mol. The van der Waals surface area contributed by atoms with Crippen molar-refractivity contribution in [2.24, 2.45) is 0 Å². The van der Waals surface area contributed by atoms with Crippen LogP contribution in [0.3, 0.4) is 0 Å². The summed E-state index contributed by atoms with van der Waals surface area (Å²) in [5.41, 5.74) is 1.13. The van der Waals surface area contributed by atoms with E-state index in [1.165, 1.54) is 0 Å². The van der Waals surface area contributed by atoms with E-state index in [9.17, 15) is 4.79 Å². The summed E-state index contributed by atoms with van der Waals surface area (Å²) in [6.45, 7) is 0.697. The van der Waals surface area contributed by atoms with Crippen molar-refractivity contribution in [1.82, 2.24) is 4.98 Å². The molecule has 20 heavy (non-hydrogen) atoms. The van der Waals surface area contributed by atoms with E-state index in [4.69, 9.17) is 13.9 Å². The van der Waals surface area contributed by atoms with Crippen molar-refractivity contribution < 1.29 is 18.7 Å². The highest BCUT2D eigenvalue weighted by Gasteiger charge is 2.12. The Labute approximate surface area is 117 Å². The molecule has 2 rings (SSSR count). The van der Waals surface area contributed by atoms with Gasteiger partial charge in [-0.1, -0.05) is 6.07 Å². The average molecular weight is 275 g/mol. The molecule has 0 aliphatic rings. The second-order valence-electron chi connectivity index (χ2n) is 4.30. The standard InChI is InChI=1S/C15H17NO4/c1-18-11-13-6-7-14(20-13)15(17)19-9-3-5-12-4-2-8-16-10-12/h2,4,6-8,10H,3,5,9,11H2,1H3. The number of nitrogens with zero attached hydrogens (tertiary/aromatic N) is 1. The highest BCUT2D eigenvalue weighted by molar-refractivity contribution is 5.86. The van der Waals surface area contributed by atoms with Gasteiger partial charge < -0.3 is 13.9 Å². The maximum Gasteiger partial charge on any atom is 0.374 e. The minimum absolute atomic E-state index is 0.207. The van der Waals surface area contributed by atoms with Crippen molar-refractivity contribution in [3.8, 4) is 0 Å². The highest BCUT2D eigenvalue weighted by Crippen LogP contribution is 2.10. The third-order valence-electron chi connectivity index (χ3n) is 2.72. The van der Waals surface area contributed by atoms with Crippen LogP contribution in [0.15, 0.2) is 41.1 Å². The Morgan fingerprint density at radius 3 is 3.00 bits per heavy atom. The molecule has 0 saturated carbocycles. The van der Waals surface area contributed by atoms with Crippen LogP contribution >= 0.6 is 0 Å². The van der Waals surface area contributed by atoms with E-state index in [2.05, 4.69) is 4.98 Å². The smallest absolute Gasteiger partial charge is 0.374 e. The molecule has 0 atom stereocenters. The number of carbonyl (C=O) groups is 1. The minimum atomic E-state index is -0.446. The van der Waals surface area contributed by atoms with Gasteiger partial charge in [0.2, 0.25) is 5.76 Å². The lowest BCUT2D eigenvalue weighted by Gasteiger charge is -2.03. The molecule has 0 spiro atoms. The van der Waals surface area contributed by atoms with Crippen molar-refractivity contribution >= 4 is 5.97 Å². The molecule has 0 fully saturated rings. The quantitative estimate of drug-likeness (QED) is 0.574. The lowest BCUT2D eigenvalue weighted by molar-refractivity contribution is 0.0458. The average Bonchev–Trinajstić information content (AvgIpc) is 2.94. The summed E-state index contributed by atoms with van der Waals surface area (Å²) in [7, 11) is 1.57. The molecule has 0 radical (unpaired) electrons. The van der Waals surface area contributed by atoms with Gasteiger partial charge in [0.05, 0.1) is 6.61 Å². The lowest BCUT2D eigenvalue weighted by atomic mass is 10.2. The predicted molar refractivity (Wildman–Crippen MR) is 72.3 cm³/mol. The molecule has 0 aliphatic carbocycles. The van der Waals surface area contributed by atoms with E-state index in [1.54, 1.807) is 25.4 Å². The number of aromatic nitrogens is 1. The van der Waals surface area contributed by atoms with E-state index < -0.39 is 5.97 Å². The van der Waals surface area contributed by atoms with Crippen LogP contribution in [0.25, 0.3) is 0 Å². The van der Waals surface area contributed by atoms with Gasteiger partial charge in [-0.2, -0.15) is 0 Å². The molecule has 2 heterocycles. The number of furan rings is 1. The molecular weight excluding hydrogens is 258 g/mol. The van der Waals surface area contributed by atoms with Crippen LogP contribution in [-0.2, 0) is 22.5 Å². The van der Waals surface area contributed by atoms with Crippen LogP contribution < -0.4 is 0 Å². The number of esters is 1. The Hall–Kier alpha value is -2.14. The first-order valence-corrected chi connectivity index (χ1v) is 6.43. The van der Waals surface area contributed by atoms with Crippen LogP contribution in [0.4, 0.5) is 0 Å². The Kier molecular flexibility index (Phi) is 5.32. The molecule has 0 bridgehead atoms. The topological polar surface area (TPSA) is 61.6 Å². The number of hydrogen-bond acceptors (Lipinski definition) is 5. The van der Waals surface area contributed by atoms with Crippen LogP contribution in [0.1, 0.15) is 28.3 Å². The Morgan fingerprint density at radius 1 is 1.35 bits per heavy atom. The molecule has 0 amide bonds. The Balaban J connectivity index is 1.72. The maximum absolute atomic E-state index is 11.7. The number of carbonyl (C=O) groups excluding carboxylic acids is 1. The van der Waals surface area contributed by atoms with Crippen LogP contribution in [0, 0.1) is 0 Å². The SMILES string of the molecule is COCc1ccc(C(=O)OCCCc2cccnc2)o1. The van der Waals surface area contributed by atoms with Crippen molar-refractivity contribution in [1.29, 1.82) is 0 Å². The first-order chi connectivity index (χ1) is 9.79. The zero-order chi connectivity index (χ0) is 14.2. The Morgan fingerprint density at radius 2 is 2.25 bits per heavy atom. The van der Waals surface area contributed by atoms with Gasteiger partial charge in [-0.15, -0.1) is 0 Å². The summed E-state index contributed by atoms with van der Waals surface area (Å²) in [4.78, 5) is 15.7. The van der Waals surface area contributed by atoms with Crippen LogP contribution in [-0.4, -0.2) is 24.7 Å². The van der Waals surface area contributed by atoms with Crippen molar-refractivity contribution in [3.63, 3.8) is 0 Å². The van der Waals surface area contributed by atoms with E-state index in [1.807, 2.05) is 18.3 Å². The van der Waals surface area contributed by atoms with Gasteiger partial charge in [0, 0.05) is 19.5 Å². The van der Waals surface area contributed by atoms with E-state index in [-0.39, 0.29) is 5.76 Å². The number of hydrogen-bond donors (Lipinski definition) is 0. The fraction of sp³-hybridized carbons (Fsp3) is 0.333. The number of aryl methyl sites for hydroxylation is 1. The summed E-state index contributed by atoms with van der Waals surface area (Å²) in [5, 5.41) is 0. The normalized spacial score (nSPS) is 10.4. The summed E-state index contributed by atoms with van der Waals surface area (Å²) in [6.07, 6.45) is 5.13. The summed E-state index contributed by atoms with van der Waals surface area (Å²) in [5.74, 6) is 0.367. The number of methoxy groups -OCH3 is 1. The van der Waals surface area contributed by atoms with Gasteiger partial charge in [0.1, 0.15) is 12.4 Å². The molecule has 106 valence electrons. The zero-order valence-electron chi connectivity index (χ0n) is 11.4. The van der Waals surface area contributed by atoms with Crippen LogP contribution in [0.2, 0.25) is 0 Å². The third-order valence-corrected chi connectivity index (χ3v) is 2.72. The van der Waals surface area contributed by atoms with Gasteiger partial charge in [-0.3, -0.25) is 4.98 Å². The largest absolute Gasteiger partial charge is 0.460 e. The van der Waals surface area contributed by atoms with E-state index in [0.717, 1.165) is 18.4 Å². The molecule has 0 aromatic carbocycles. The first-order valence-electron chi connectivity index (χ1n) is 6.43. The Bertz CT molecular complexity index is 536. The minimum Gasteiger partial charge on any atom is -0.460 e. The third kappa shape index (κ3) is 4.20. The molecular formula is C15H17NO4. The number of rotatable bonds is 7. The van der Waals surface area contributed by atoms with E-state index >= 15 is 0 Å². The lowest BCUT2D eigenvalue weighted by Crippen LogP contribution is -2.06. The second-order valence-corrected chi connectivity index (χ2v) is 4.30. The molecule has 2 aromatic heterocycles. The van der Waals surface area contributed by atoms with Crippen LogP contribution in [0.5, 0.6) is 0 Å². The molecule has 0 saturated heterocycles. The molecule has 0 unspecified atom stereocenters. The fourth-order valence-corrected chi connectivity index (χ4v) is 1.77. The highest BCUT2D eigenvalue weighted by atomic mass is 16.5. The molecule has 2 aromatic rings. The van der Waals surface area contributed by atoms with Crippen molar-refractivity contribution in [2.45, 2.75) is 19.4 Å². The van der Waals surface area contributed by atoms with Crippen molar-refractivity contribution in [3.05, 3.63) is 53.7 Å². The summed E-state index contributed by atoms with van der Waals surface area (Å²) in [6, 6.07) is 7.19. The second kappa shape index (κ2) is 7.45. The summed E-state index contributed by atoms with van der Waals surface area (Å²) >= 11 is 0. The van der Waals surface area contributed by atoms with E-state index in [0.29, 0.717) is 19.0 Å². The molecule has 5 nitrogen and oxygen atoms in total. The fourth-order valence-electron chi connectivity index (χ4n) is 1.77. The predicted octanol–water partition coefficient (Wildman–Crippen LogP) is 2.61. The molecule has 5 heteroatoms. The number of pyridine rings is 1. The van der Waals surface area contributed by atoms with Gasteiger partial charge in [-0.25, -0.2) is 4.79 Å². The molecule has 0 aliphatic heterocycles.